The molecule has 1 aliphatic heterocycles. The van der Waals surface area contributed by atoms with E-state index in [0.717, 1.165) is 57.0 Å². The van der Waals surface area contributed by atoms with Gasteiger partial charge in [0.2, 0.25) is 0 Å². The number of hydrogen-bond acceptors (Lipinski definition) is 3. The summed E-state index contributed by atoms with van der Waals surface area (Å²) in [5.41, 5.74) is 5.98. The number of nitrogens with two attached hydrogens (primary N) is 1. The van der Waals surface area contributed by atoms with Crippen LogP contribution in [-0.2, 0) is 17.3 Å². The van der Waals surface area contributed by atoms with Crippen LogP contribution in [0.4, 0.5) is 13.2 Å². The Morgan fingerprint density at radius 3 is 2.52 bits per heavy atom. The van der Waals surface area contributed by atoms with Crippen LogP contribution in [0.15, 0.2) is 29.3 Å². The Bertz CT molecular complexity index is 540. The summed E-state index contributed by atoms with van der Waals surface area (Å²) in [6.07, 6.45) is -2.78. The minimum atomic E-state index is -4.30. The molecular formula is C17H25F3N4O. The van der Waals surface area contributed by atoms with Gasteiger partial charge in [-0.15, -0.1) is 0 Å². The lowest BCUT2D eigenvalue weighted by atomic mass is 10.1. The zero-order valence-corrected chi connectivity index (χ0v) is 14.2. The highest BCUT2D eigenvalue weighted by atomic mass is 19.4. The number of nitrogens with one attached hydrogen (secondary N) is 1. The normalized spacial score (nSPS) is 16.8. The molecule has 3 N–H and O–H groups in total. The number of alkyl halides is 3. The van der Waals surface area contributed by atoms with Crippen LogP contribution in [0.1, 0.15) is 17.5 Å². The number of hydrogen-bond donors (Lipinski definition) is 2. The second-order valence-corrected chi connectivity index (χ2v) is 5.95. The van der Waals surface area contributed by atoms with E-state index in [-0.39, 0.29) is 0 Å². The van der Waals surface area contributed by atoms with Crippen molar-refractivity contribution < 1.29 is 17.9 Å². The first kappa shape index (κ1) is 19.5. The number of ether oxygens (including phenoxy) is 1. The van der Waals surface area contributed by atoms with Gasteiger partial charge in [-0.25, -0.2) is 0 Å². The molecule has 1 heterocycles. The Balaban J connectivity index is 1.61. The van der Waals surface area contributed by atoms with Crippen molar-refractivity contribution in [2.24, 2.45) is 10.7 Å². The van der Waals surface area contributed by atoms with Crippen molar-refractivity contribution in [1.29, 1.82) is 0 Å². The molecule has 0 atom stereocenters. The van der Waals surface area contributed by atoms with Gasteiger partial charge in [0.15, 0.2) is 5.96 Å². The molecule has 0 unspecified atom stereocenters. The summed E-state index contributed by atoms with van der Waals surface area (Å²) >= 11 is 0. The third-order valence-electron chi connectivity index (χ3n) is 4.02. The standard InChI is InChI=1S/C17H25F3N4O/c18-17(19,20)15-4-2-14(3-5-15)6-8-23-16(21)22-7-1-9-24-10-12-25-13-11-24/h2-5H,1,6-13H2,(H3,21,22,23). The highest BCUT2D eigenvalue weighted by Gasteiger charge is 2.29. The molecule has 0 amide bonds. The molecule has 25 heavy (non-hydrogen) atoms. The van der Waals surface area contributed by atoms with Crippen LogP contribution in [0.5, 0.6) is 0 Å². The maximum Gasteiger partial charge on any atom is 0.416 e. The molecule has 1 aliphatic rings. The average Bonchev–Trinajstić information content (AvgIpc) is 2.59. The third-order valence-corrected chi connectivity index (χ3v) is 4.02. The van der Waals surface area contributed by atoms with Gasteiger partial charge in [0.25, 0.3) is 0 Å². The average molecular weight is 358 g/mol. The van der Waals surface area contributed by atoms with E-state index in [1.165, 1.54) is 12.1 Å². The van der Waals surface area contributed by atoms with Crippen molar-refractivity contribution in [3.8, 4) is 0 Å². The lowest BCUT2D eigenvalue weighted by Gasteiger charge is -2.26. The third kappa shape index (κ3) is 7.31. The van der Waals surface area contributed by atoms with E-state index >= 15 is 0 Å². The summed E-state index contributed by atoms with van der Waals surface area (Å²) in [6, 6.07) is 5.16. The minimum Gasteiger partial charge on any atom is -0.379 e. The highest BCUT2D eigenvalue weighted by molar-refractivity contribution is 5.77. The first-order valence-electron chi connectivity index (χ1n) is 8.45. The molecule has 0 aliphatic carbocycles. The number of morpholine rings is 1. The Labute approximate surface area is 146 Å². The van der Waals surface area contributed by atoms with Crippen LogP contribution in [0.25, 0.3) is 0 Å². The summed E-state index contributed by atoms with van der Waals surface area (Å²) in [7, 11) is 0. The van der Waals surface area contributed by atoms with Crippen molar-refractivity contribution in [3.05, 3.63) is 35.4 Å². The number of aliphatic imine (C=N–C) groups is 1. The van der Waals surface area contributed by atoms with E-state index < -0.39 is 11.7 Å². The van der Waals surface area contributed by atoms with E-state index in [4.69, 9.17) is 10.5 Å². The molecule has 1 aromatic carbocycles. The van der Waals surface area contributed by atoms with Gasteiger partial charge in [-0.1, -0.05) is 12.1 Å². The number of nitrogens with zero attached hydrogens (tertiary/aromatic N) is 2. The summed E-state index contributed by atoms with van der Waals surface area (Å²) in [4.78, 5) is 6.60. The largest absolute Gasteiger partial charge is 0.416 e. The number of rotatable bonds is 7. The molecule has 1 saturated heterocycles. The van der Waals surface area contributed by atoms with Crippen molar-refractivity contribution in [1.82, 2.24) is 10.2 Å². The Morgan fingerprint density at radius 1 is 1.20 bits per heavy atom. The first-order valence-corrected chi connectivity index (χ1v) is 8.45. The van der Waals surface area contributed by atoms with Gasteiger partial charge in [0.05, 0.1) is 18.8 Å². The second kappa shape index (κ2) is 9.62. The Kier molecular flexibility index (Phi) is 7.52. The summed E-state index contributed by atoms with van der Waals surface area (Å²) < 4.78 is 42.8. The molecule has 1 aromatic rings. The van der Waals surface area contributed by atoms with Gasteiger partial charge < -0.3 is 15.8 Å². The van der Waals surface area contributed by atoms with Crippen LogP contribution >= 0.6 is 0 Å². The van der Waals surface area contributed by atoms with Crippen LogP contribution < -0.4 is 11.1 Å². The monoisotopic (exact) mass is 358 g/mol. The zero-order chi connectivity index (χ0) is 18.1. The number of halogens is 3. The van der Waals surface area contributed by atoms with Crippen molar-refractivity contribution in [2.45, 2.75) is 19.0 Å². The van der Waals surface area contributed by atoms with Gasteiger partial charge in [-0.3, -0.25) is 9.89 Å². The van der Waals surface area contributed by atoms with Gasteiger partial charge in [0, 0.05) is 32.7 Å². The maximum atomic E-state index is 12.5. The topological polar surface area (TPSA) is 62.9 Å². The second-order valence-electron chi connectivity index (χ2n) is 5.95. The number of benzene rings is 1. The predicted octanol–water partition coefficient (Wildman–Crippen LogP) is 1.87. The molecule has 2 rings (SSSR count). The SMILES string of the molecule is NC(=NCCCN1CCOCC1)NCCc1ccc(C(F)(F)F)cc1. The predicted molar refractivity (Wildman–Crippen MR) is 91.5 cm³/mol. The summed E-state index contributed by atoms with van der Waals surface area (Å²) in [5.74, 6) is 0.369. The van der Waals surface area contributed by atoms with Gasteiger partial charge in [-0.05, 0) is 30.5 Å². The molecular weight excluding hydrogens is 333 g/mol. The van der Waals surface area contributed by atoms with Crippen LogP contribution in [0, 0.1) is 0 Å². The van der Waals surface area contributed by atoms with Gasteiger partial charge in [-0.2, -0.15) is 13.2 Å². The number of guanidine groups is 1. The molecule has 1 fully saturated rings. The molecule has 140 valence electrons. The van der Waals surface area contributed by atoms with Crippen LogP contribution in [0.3, 0.4) is 0 Å². The fourth-order valence-electron chi connectivity index (χ4n) is 2.57. The first-order chi connectivity index (χ1) is 11.9. The van der Waals surface area contributed by atoms with Crippen molar-refractivity contribution in [3.63, 3.8) is 0 Å². The molecule has 0 radical (unpaired) electrons. The van der Waals surface area contributed by atoms with Crippen LogP contribution in [0.2, 0.25) is 0 Å². The summed E-state index contributed by atoms with van der Waals surface area (Å²) in [6.45, 7) is 5.66. The lowest BCUT2D eigenvalue weighted by Crippen LogP contribution is -2.37. The fraction of sp³-hybridized carbons (Fsp3) is 0.588. The van der Waals surface area contributed by atoms with E-state index in [9.17, 15) is 13.2 Å². The molecule has 8 heteroatoms. The summed E-state index contributed by atoms with van der Waals surface area (Å²) in [5, 5.41) is 2.99. The highest BCUT2D eigenvalue weighted by Crippen LogP contribution is 2.29. The van der Waals surface area contributed by atoms with Gasteiger partial charge in [0.1, 0.15) is 0 Å². The molecule has 0 saturated carbocycles. The van der Waals surface area contributed by atoms with Crippen LogP contribution in [-0.4, -0.2) is 56.8 Å². The fourth-order valence-corrected chi connectivity index (χ4v) is 2.57. The van der Waals surface area contributed by atoms with Gasteiger partial charge >= 0.3 is 6.18 Å². The zero-order valence-electron chi connectivity index (χ0n) is 14.2. The van der Waals surface area contributed by atoms with E-state index in [0.29, 0.717) is 25.5 Å². The van der Waals surface area contributed by atoms with E-state index in [2.05, 4.69) is 15.2 Å². The smallest absolute Gasteiger partial charge is 0.379 e. The van der Waals surface area contributed by atoms with E-state index in [1.807, 2.05) is 0 Å². The molecule has 0 spiro atoms. The quantitative estimate of drug-likeness (QED) is 0.444. The molecule has 0 aromatic heterocycles. The van der Waals surface area contributed by atoms with Crippen molar-refractivity contribution >= 4 is 5.96 Å². The minimum absolute atomic E-state index is 0.369. The Hall–Kier alpha value is -1.80. The lowest BCUT2D eigenvalue weighted by molar-refractivity contribution is -0.137. The van der Waals surface area contributed by atoms with Crippen molar-refractivity contribution in [2.75, 3.05) is 45.9 Å². The maximum absolute atomic E-state index is 12.5. The molecule has 5 nitrogen and oxygen atoms in total. The van der Waals surface area contributed by atoms with E-state index in [1.54, 1.807) is 0 Å². The molecule has 0 bridgehead atoms. The Morgan fingerprint density at radius 2 is 1.88 bits per heavy atom.